The average molecular weight is 428 g/mol. The number of amides is 1. The van der Waals surface area contributed by atoms with Crippen LogP contribution in [0.15, 0.2) is 78.5 Å². The van der Waals surface area contributed by atoms with Gasteiger partial charge in [-0.15, -0.1) is 0 Å². The van der Waals surface area contributed by atoms with Crippen molar-refractivity contribution in [2.75, 3.05) is 12.0 Å². The van der Waals surface area contributed by atoms with Gasteiger partial charge in [0.25, 0.3) is 11.7 Å². The number of carbonyl (C=O) groups excluding carboxylic acids is 2. The maximum absolute atomic E-state index is 13.2. The Morgan fingerprint density at radius 2 is 1.75 bits per heavy atom. The molecule has 0 spiro atoms. The van der Waals surface area contributed by atoms with Crippen molar-refractivity contribution in [3.63, 3.8) is 0 Å². The zero-order valence-electron chi connectivity index (χ0n) is 18.1. The highest BCUT2D eigenvalue weighted by molar-refractivity contribution is 6.51. The number of benzene rings is 2. The summed E-state index contributed by atoms with van der Waals surface area (Å²) < 4.78 is 5.43. The molecule has 1 aliphatic heterocycles. The summed E-state index contributed by atoms with van der Waals surface area (Å²) in [5.41, 5.74) is 2.40. The number of aliphatic hydroxyl groups excluding tert-OH is 1. The van der Waals surface area contributed by atoms with Gasteiger partial charge in [0.15, 0.2) is 0 Å². The van der Waals surface area contributed by atoms with E-state index < -0.39 is 17.7 Å². The first-order valence-corrected chi connectivity index (χ1v) is 10.4. The van der Waals surface area contributed by atoms with E-state index in [1.165, 1.54) is 4.90 Å². The minimum Gasteiger partial charge on any atom is -0.507 e. The number of methoxy groups -OCH3 is 1. The van der Waals surface area contributed by atoms with Crippen molar-refractivity contribution in [2.24, 2.45) is 0 Å². The SMILES string of the molecule is COc1ccc(/C(O)=C2/C(=O)C(=O)N(c3ccccc3)C2c2ccccn2)cc1C(C)C. The quantitative estimate of drug-likeness (QED) is 0.357. The van der Waals surface area contributed by atoms with Gasteiger partial charge >= 0.3 is 0 Å². The fraction of sp³-hybridized carbons (Fsp3) is 0.192. The van der Waals surface area contributed by atoms with Crippen molar-refractivity contribution in [2.45, 2.75) is 25.8 Å². The molecule has 1 unspecified atom stereocenters. The van der Waals surface area contributed by atoms with Crippen molar-refractivity contribution in [3.05, 3.63) is 95.3 Å². The fourth-order valence-electron chi connectivity index (χ4n) is 3.99. The summed E-state index contributed by atoms with van der Waals surface area (Å²) >= 11 is 0. The van der Waals surface area contributed by atoms with Gasteiger partial charge in [0.1, 0.15) is 17.6 Å². The number of anilines is 1. The first kappa shape index (κ1) is 21.3. The molecular formula is C26H24N2O4. The zero-order valence-corrected chi connectivity index (χ0v) is 18.1. The maximum atomic E-state index is 13.2. The van der Waals surface area contributed by atoms with E-state index in [2.05, 4.69) is 4.98 Å². The van der Waals surface area contributed by atoms with E-state index in [1.807, 2.05) is 19.9 Å². The number of nitrogens with zero attached hydrogens (tertiary/aromatic N) is 2. The van der Waals surface area contributed by atoms with E-state index in [9.17, 15) is 14.7 Å². The van der Waals surface area contributed by atoms with Gasteiger partial charge in [-0.2, -0.15) is 0 Å². The van der Waals surface area contributed by atoms with Crippen LogP contribution in [0.4, 0.5) is 5.69 Å². The summed E-state index contributed by atoms with van der Waals surface area (Å²) in [6.45, 7) is 4.04. The second kappa shape index (κ2) is 8.67. The third-order valence-electron chi connectivity index (χ3n) is 5.57. The fourth-order valence-corrected chi connectivity index (χ4v) is 3.99. The first-order chi connectivity index (χ1) is 15.4. The molecule has 4 rings (SSSR count). The third kappa shape index (κ3) is 3.64. The van der Waals surface area contributed by atoms with Gasteiger partial charge in [0, 0.05) is 17.4 Å². The number of aliphatic hydroxyl groups is 1. The zero-order chi connectivity index (χ0) is 22.8. The molecule has 2 heterocycles. The van der Waals surface area contributed by atoms with E-state index >= 15 is 0 Å². The summed E-state index contributed by atoms with van der Waals surface area (Å²) in [6, 6.07) is 18.6. The number of rotatable bonds is 5. The first-order valence-electron chi connectivity index (χ1n) is 10.4. The van der Waals surface area contributed by atoms with Crippen molar-refractivity contribution >= 4 is 23.1 Å². The van der Waals surface area contributed by atoms with E-state index in [0.717, 1.165) is 5.56 Å². The standard InChI is InChI=1S/C26H24N2O4/c1-16(2)19-15-17(12-13-21(19)32-3)24(29)22-23(20-11-7-8-14-27-20)28(26(31)25(22)30)18-9-5-4-6-10-18/h4-16,23,29H,1-3H3/b24-22-. The molecular weight excluding hydrogens is 404 g/mol. The molecule has 162 valence electrons. The van der Waals surface area contributed by atoms with Crippen molar-refractivity contribution in [1.29, 1.82) is 0 Å². The molecule has 1 atom stereocenters. The highest BCUT2D eigenvalue weighted by Crippen LogP contribution is 2.42. The topological polar surface area (TPSA) is 79.7 Å². The summed E-state index contributed by atoms with van der Waals surface area (Å²) in [5, 5.41) is 11.3. The van der Waals surface area contributed by atoms with Crippen LogP contribution in [0.25, 0.3) is 5.76 Å². The third-order valence-corrected chi connectivity index (χ3v) is 5.57. The van der Waals surface area contributed by atoms with Gasteiger partial charge in [-0.1, -0.05) is 38.1 Å². The van der Waals surface area contributed by atoms with Gasteiger partial charge < -0.3 is 9.84 Å². The number of ketones is 1. The number of Topliss-reactive ketones (excluding diaryl/α,β-unsaturated/α-hetero) is 1. The highest BCUT2D eigenvalue weighted by atomic mass is 16.5. The Morgan fingerprint density at radius 1 is 1.03 bits per heavy atom. The summed E-state index contributed by atoms with van der Waals surface area (Å²) in [7, 11) is 1.59. The summed E-state index contributed by atoms with van der Waals surface area (Å²) in [4.78, 5) is 32.0. The van der Waals surface area contributed by atoms with Crippen LogP contribution in [0.2, 0.25) is 0 Å². The lowest BCUT2D eigenvalue weighted by Gasteiger charge is -2.24. The minimum atomic E-state index is -0.844. The molecule has 2 aromatic carbocycles. The number of hydrogen-bond donors (Lipinski definition) is 1. The summed E-state index contributed by atoms with van der Waals surface area (Å²) in [5.74, 6) is -0.851. The van der Waals surface area contributed by atoms with Crippen molar-refractivity contribution in [1.82, 2.24) is 4.98 Å². The summed E-state index contributed by atoms with van der Waals surface area (Å²) in [6.07, 6.45) is 1.60. The van der Waals surface area contributed by atoms with Crippen LogP contribution in [0.3, 0.4) is 0 Å². The lowest BCUT2D eigenvalue weighted by molar-refractivity contribution is -0.132. The van der Waals surface area contributed by atoms with Gasteiger partial charge in [-0.25, -0.2) is 0 Å². The van der Waals surface area contributed by atoms with Crippen LogP contribution in [-0.4, -0.2) is 28.9 Å². The Balaban J connectivity index is 1.93. The van der Waals surface area contributed by atoms with Gasteiger partial charge in [-0.3, -0.25) is 19.5 Å². The molecule has 1 aliphatic rings. The molecule has 1 fully saturated rings. The molecule has 1 amide bonds. The lowest BCUT2D eigenvalue weighted by Crippen LogP contribution is -2.29. The maximum Gasteiger partial charge on any atom is 0.300 e. The molecule has 6 heteroatoms. The predicted molar refractivity (Wildman–Crippen MR) is 123 cm³/mol. The van der Waals surface area contributed by atoms with E-state index in [4.69, 9.17) is 4.74 Å². The second-order valence-electron chi connectivity index (χ2n) is 7.87. The molecule has 0 aliphatic carbocycles. The second-order valence-corrected chi connectivity index (χ2v) is 7.87. The van der Waals surface area contributed by atoms with Crippen LogP contribution in [0.5, 0.6) is 5.75 Å². The lowest BCUT2D eigenvalue weighted by atomic mass is 9.94. The number of ether oxygens (including phenoxy) is 1. The molecule has 0 radical (unpaired) electrons. The smallest absolute Gasteiger partial charge is 0.300 e. The van der Waals surface area contributed by atoms with Crippen LogP contribution in [0, 0.1) is 0 Å². The number of carbonyl (C=O) groups is 2. The van der Waals surface area contributed by atoms with Crippen molar-refractivity contribution in [3.8, 4) is 5.75 Å². The molecule has 32 heavy (non-hydrogen) atoms. The van der Waals surface area contributed by atoms with Crippen LogP contribution >= 0.6 is 0 Å². The Hall–Kier alpha value is -3.93. The van der Waals surface area contributed by atoms with Crippen LogP contribution < -0.4 is 9.64 Å². The number of aromatic nitrogens is 1. The molecule has 0 bridgehead atoms. The Bertz CT molecular complexity index is 1190. The van der Waals surface area contributed by atoms with Crippen LogP contribution in [0.1, 0.15) is 42.6 Å². The van der Waals surface area contributed by atoms with Crippen molar-refractivity contribution < 1.29 is 19.4 Å². The molecule has 3 aromatic rings. The number of hydrogen-bond acceptors (Lipinski definition) is 5. The molecule has 0 saturated carbocycles. The van der Waals surface area contributed by atoms with Gasteiger partial charge in [0.2, 0.25) is 0 Å². The predicted octanol–water partition coefficient (Wildman–Crippen LogP) is 4.84. The van der Waals surface area contributed by atoms with Gasteiger partial charge in [-0.05, 0) is 53.9 Å². The molecule has 6 nitrogen and oxygen atoms in total. The number of pyridine rings is 1. The minimum absolute atomic E-state index is 0.0115. The Morgan fingerprint density at radius 3 is 2.38 bits per heavy atom. The monoisotopic (exact) mass is 428 g/mol. The molecule has 1 aromatic heterocycles. The van der Waals surface area contributed by atoms with Gasteiger partial charge in [0.05, 0.1) is 18.4 Å². The normalized spacial score (nSPS) is 17.8. The highest BCUT2D eigenvalue weighted by Gasteiger charge is 2.47. The number of para-hydroxylation sites is 1. The Kier molecular flexibility index (Phi) is 5.77. The van der Waals surface area contributed by atoms with Crippen LogP contribution in [-0.2, 0) is 9.59 Å². The van der Waals surface area contributed by atoms with E-state index in [0.29, 0.717) is 22.7 Å². The molecule has 1 N–H and O–H groups in total. The van der Waals surface area contributed by atoms with E-state index in [-0.39, 0.29) is 17.3 Å². The van der Waals surface area contributed by atoms with E-state index in [1.54, 1.807) is 74.0 Å². The molecule has 1 saturated heterocycles. The average Bonchev–Trinajstić information content (AvgIpc) is 3.09. The Labute approximate surface area is 186 Å². The largest absolute Gasteiger partial charge is 0.507 e.